The molecule has 2 heterocycles. The van der Waals surface area contributed by atoms with E-state index in [-0.39, 0.29) is 5.43 Å². The highest BCUT2D eigenvalue weighted by atomic mass is 16.6. The Kier molecular flexibility index (Phi) is 15.1. The van der Waals surface area contributed by atoms with Crippen LogP contribution in [0.1, 0.15) is 19.7 Å². The number of ether oxygens (including phenoxy) is 5. The Morgan fingerprint density at radius 3 is 1.95 bits per heavy atom. The van der Waals surface area contributed by atoms with Crippen molar-refractivity contribution in [2.24, 2.45) is 5.73 Å². The van der Waals surface area contributed by atoms with E-state index in [0.717, 1.165) is 29.1 Å². The van der Waals surface area contributed by atoms with Crippen molar-refractivity contribution in [1.82, 2.24) is 9.97 Å². The van der Waals surface area contributed by atoms with E-state index in [9.17, 15) is 4.79 Å². The zero-order valence-corrected chi connectivity index (χ0v) is 25.9. The first-order valence-electron chi connectivity index (χ1n) is 14.9. The van der Waals surface area contributed by atoms with E-state index >= 15 is 0 Å². The summed E-state index contributed by atoms with van der Waals surface area (Å²) in [4.78, 5) is 22.6. The molecule has 4 rings (SSSR count). The smallest absolute Gasteiger partial charge is 0.193 e. The monoisotopic (exact) mass is 598 g/mol. The number of nitrogens with two attached hydrogens (primary N) is 1. The summed E-state index contributed by atoms with van der Waals surface area (Å²) < 4.78 is 33.5. The van der Waals surface area contributed by atoms with Crippen LogP contribution in [0.5, 0.6) is 0 Å². The van der Waals surface area contributed by atoms with Gasteiger partial charge < -0.3 is 43.7 Å². The van der Waals surface area contributed by atoms with Crippen molar-refractivity contribution in [1.29, 1.82) is 0 Å². The van der Waals surface area contributed by atoms with E-state index in [4.69, 9.17) is 33.8 Å². The molecule has 0 saturated heterocycles. The Morgan fingerprint density at radius 1 is 0.814 bits per heavy atom. The first kappa shape index (κ1) is 34.2. The van der Waals surface area contributed by atoms with Gasteiger partial charge in [-0.1, -0.05) is 13.8 Å². The van der Waals surface area contributed by atoms with Crippen LogP contribution in [0.3, 0.4) is 0 Å². The highest BCUT2D eigenvalue weighted by Crippen LogP contribution is 2.28. The van der Waals surface area contributed by atoms with Crippen LogP contribution in [0, 0.1) is 6.92 Å². The molecule has 2 aromatic heterocycles. The van der Waals surface area contributed by atoms with E-state index in [1.807, 2.05) is 58.2 Å². The van der Waals surface area contributed by atoms with Gasteiger partial charge in [-0.05, 0) is 43.3 Å². The summed E-state index contributed by atoms with van der Waals surface area (Å²) in [5, 5.41) is 0.519. The minimum atomic E-state index is -0.0931. The zero-order chi connectivity index (χ0) is 30.9. The molecule has 11 heteroatoms. The molecule has 236 valence electrons. The number of aromatic nitrogens is 2. The molecule has 43 heavy (non-hydrogen) atoms. The van der Waals surface area contributed by atoms with Crippen molar-refractivity contribution in [3.8, 4) is 11.3 Å². The van der Waals surface area contributed by atoms with Crippen molar-refractivity contribution in [3.05, 3.63) is 58.5 Å². The first-order valence-corrected chi connectivity index (χ1v) is 14.9. The van der Waals surface area contributed by atoms with Crippen molar-refractivity contribution >= 4 is 27.7 Å². The van der Waals surface area contributed by atoms with Gasteiger partial charge in [-0.25, -0.2) is 4.98 Å². The normalized spacial score (nSPS) is 11.2. The van der Waals surface area contributed by atoms with Crippen molar-refractivity contribution in [2.45, 2.75) is 20.8 Å². The molecule has 0 spiro atoms. The molecule has 0 aliphatic rings. The highest BCUT2D eigenvalue weighted by Gasteiger charge is 2.13. The number of likely N-dealkylation sites (N-methyl/N-ethyl adjacent to an activating group) is 1. The number of fused-ring (bicyclic) bond motifs is 3. The summed E-state index contributed by atoms with van der Waals surface area (Å²) >= 11 is 0. The summed E-state index contributed by atoms with van der Waals surface area (Å²) in [6.07, 6.45) is 0. The van der Waals surface area contributed by atoms with E-state index in [1.165, 1.54) is 6.07 Å². The van der Waals surface area contributed by atoms with Gasteiger partial charge in [0.25, 0.3) is 0 Å². The summed E-state index contributed by atoms with van der Waals surface area (Å²) in [7, 11) is 2.01. The fourth-order valence-electron chi connectivity index (χ4n) is 4.23. The maximum atomic E-state index is 12.8. The van der Waals surface area contributed by atoms with E-state index in [1.54, 1.807) is 6.07 Å². The van der Waals surface area contributed by atoms with Gasteiger partial charge in [0.1, 0.15) is 17.1 Å². The van der Waals surface area contributed by atoms with Crippen LogP contribution in [0.25, 0.3) is 33.3 Å². The quantitative estimate of drug-likeness (QED) is 0.152. The molecular formula is C32H46N4O7. The van der Waals surface area contributed by atoms with Crippen molar-refractivity contribution in [2.75, 3.05) is 91.1 Å². The third-order valence-corrected chi connectivity index (χ3v) is 6.38. The Labute approximate surface area is 253 Å². The predicted octanol–water partition coefficient (Wildman–Crippen LogP) is 4.15. The average Bonchev–Trinajstić information content (AvgIpc) is 3.42. The third-order valence-electron chi connectivity index (χ3n) is 6.38. The molecular weight excluding hydrogens is 552 g/mol. The number of benzene rings is 2. The largest absolute Gasteiger partial charge is 0.453 e. The molecule has 0 atom stereocenters. The number of imidazole rings is 1. The fraction of sp³-hybridized carbons (Fsp3) is 0.500. The number of anilines is 1. The SMILES string of the molecule is CC.Cc1nc2c(ccc3c(=O)cc(-c4ccc(N(C)CCOCCOCCOCCOCCOCCN)cc4)oc32)[nH]1. The molecule has 4 aromatic rings. The number of rotatable bonds is 19. The maximum Gasteiger partial charge on any atom is 0.193 e. The lowest BCUT2D eigenvalue weighted by atomic mass is 10.1. The minimum absolute atomic E-state index is 0.0931. The summed E-state index contributed by atoms with van der Waals surface area (Å²) in [6, 6.07) is 13.1. The molecule has 0 bridgehead atoms. The Balaban J connectivity index is 0.00000248. The molecule has 0 radical (unpaired) electrons. The topological polar surface area (TPSA) is 134 Å². The molecule has 0 aliphatic heterocycles. The zero-order valence-electron chi connectivity index (χ0n) is 25.9. The summed E-state index contributed by atoms with van der Waals surface area (Å²) in [5.74, 6) is 1.28. The second-order valence-electron chi connectivity index (χ2n) is 9.45. The Hall–Kier alpha value is -3.32. The van der Waals surface area contributed by atoms with Crippen LogP contribution in [0.15, 0.2) is 51.7 Å². The Morgan fingerprint density at radius 2 is 1.37 bits per heavy atom. The molecule has 3 N–H and O–H groups in total. The summed E-state index contributed by atoms with van der Waals surface area (Å²) in [6.45, 7) is 12.4. The molecule has 2 aromatic carbocycles. The lowest BCUT2D eigenvalue weighted by Gasteiger charge is -2.19. The predicted molar refractivity (Wildman–Crippen MR) is 170 cm³/mol. The number of aromatic amines is 1. The molecule has 0 unspecified atom stereocenters. The summed E-state index contributed by atoms with van der Waals surface area (Å²) in [5.41, 5.74) is 9.11. The molecule has 0 fully saturated rings. The van der Waals surface area contributed by atoms with Crippen LogP contribution in [-0.4, -0.2) is 96.2 Å². The number of aryl methyl sites for hydroxylation is 1. The second-order valence-corrected chi connectivity index (χ2v) is 9.45. The van der Waals surface area contributed by atoms with Gasteiger partial charge in [-0.3, -0.25) is 4.79 Å². The van der Waals surface area contributed by atoms with E-state index in [0.29, 0.717) is 94.9 Å². The fourth-order valence-corrected chi connectivity index (χ4v) is 4.23. The van der Waals surface area contributed by atoms with Crippen molar-refractivity contribution in [3.63, 3.8) is 0 Å². The van der Waals surface area contributed by atoms with Gasteiger partial charge in [-0.15, -0.1) is 0 Å². The van der Waals surface area contributed by atoms with Crippen LogP contribution in [-0.2, 0) is 23.7 Å². The van der Waals surface area contributed by atoms with Crippen LogP contribution in [0.4, 0.5) is 5.69 Å². The highest BCUT2D eigenvalue weighted by molar-refractivity contribution is 6.00. The first-order chi connectivity index (χ1) is 21.1. The maximum absolute atomic E-state index is 12.8. The van der Waals surface area contributed by atoms with Gasteiger partial charge in [-0.2, -0.15) is 0 Å². The Bertz CT molecular complexity index is 1400. The number of hydrogen-bond donors (Lipinski definition) is 2. The molecule has 11 nitrogen and oxygen atoms in total. The number of nitrogens with one attached hydrogen (secondary N) is 1. The molecule has 0 aliphatic carbocycles. The standard InChI is InChI=1S/C30H40N4O7.C2H6/c1-22-32-26-8-7-25-27(35)21-28(41-30(25)29(26)33-22)23-3-5-24(6-4-23)34(2)10-12-37-14-16-39-18-20-40-19-17-38-15-13-36-11-9-31;1-2/h3-8,21H,9-20,31H2,1-2H3,(H,32,33);1-2H3. The number of H-pyrrole nitrogens is 1. The van der Waals surface area contributed by atoms with E-state index in [2.05, 4.69) is 14.9 Å². The van der Waals surface area contributed by atoms with Gasteiger partial charge in [0, 0.05) is 37.5 Å². The van der Waals surface area contributed by atoms with Gasteiger partial charge in [0.05, 0.1) is 77.0 Å². The number of nitrogens with zero attached hydrogens (tertiary/aromatic N) is 2. The minimum Gasteiger partial charge on any atom is -0.453 e. The van der Waals surface area contributed by atoms with Crippen molar-refractivity contribution < 1.29 is 28.1 Å². The number of hydrogen-bond acceptors (Lipinski definition) is 10. The van der Waals surface area contributed by atoms with Gasteiger partial charge in [0.15, 0.2) is 11.0 Å². The molecule has 0 saturated carbocycles. The second kappa shape index (κ2) is 19.1. The molecule has 0 amide bonds. The van der Waals surface area contributed by atoms with Crippen LogP contribution in [0.2, 0.25) is 0 Å². The van der Waals surface area contributed by atoms with Gasteiger partial charge >= 0.3 is 0 Å². The lowest BCUT2D eigenvalue weighted by Crippen LogP contribution is -2.23. The third kappa shape index (κ3) is 10.7. The lowest BCUT2D eigenvalue weighted by molar-refractivity contribution is -0.0100. The van der Waals surface area contributed by atoms with E-state index < -0.39 is 0 Å². The van der Waals surface area contributed by atoms with Crippen LogP contribution >= 0.6 is 0 Å². The van der Waals surface area contributed by atoms with Crippen LogP contribution < -0.4 is 16.1 Å². The average molecular weight is 599 g/mol. The van der Waals surface area contributed by atoms with Gasteiger partial charge in [0.2, 0.25) is 0 Å².